The van der Waals surface area contributed by atoms with Gasteiger partial charge in [0.15, 0.2) is 0 Å². The molecule has 0 spiro atoms. The molecule has 1 rings (SSSR count). The summed E-state index contributed by atoms with van der Waals surface area (Å²) in [5.74, 6) is 0.723. The molecule has 0 unspecified atom stereocenters. The summed E-state index contributed by atoms with van der Waals surface area (Å²) in [4.78, 5) is 0. The fourth-order valence-corrected chi connectivity index (χ4v) is 0.892. The minimum Gasteiger partial charge on any atom is -0.396 e. The van der Waals surface area contributed by atoms with Crippen LogP contribution in [0.3, 0.4) is 0 Å². The Labute approximate surface area is 91.5 Å². The number of nitrogens with two attached hydrogens (primary N) is 1. The summed E-state index contributed by atoms with van der Waals surface area (Å²) in [6.07, 6.45) is 4.70. The van der Waals surface area contributed by atoms with E-state index in [0.29, 0.717) is 0 Å². The predicted molar refractivity (Wildman–Crippen MR) is 60.6 cm³/mol. The van der Waals surface area contributed by atoms with Crippen molar-refractivity contribution in [3.8, 4) is 0 Å². The van der Waals surface area contributed by atoms with E-state index < -0.39 is 0 Å². The van der Waals surface area contributed by atoms with E-state index >= 15 is 0 Å². The Morgan fingerprint density at radius 3 is 2.46 bits per heavy atom. The number of aryl methyl sites for hydroxylation is 1. The summed E-state index contributed by atoms with van der Waals surface area (Å²) in [6, 6.07) is 0. The number of nitrogens with zero attached hydrogens (tertiary/aromatic N) is 2. The standard InChI is InChI=1S/C8H15N3.2ClH/c1-7(2)3-4-11-6-8(9)5-10-11;;/h5-7H,3-4,9H2,1-2H3;2*1H. The summed E-state index contributed by atoms with van der Waals surface area (Å²) >= 11 is 0. The van der Waals surface area contributed by atoms with Crippen molar-refractivity contribution in [2.75, 3.05) is 5.73 Å². The maximum Gasteiger partial charge on any atom is 0.0719 e. The van der Waals surface area contributed by atoms with E-state index in [1.165, 1.54) is 0 Å². The Morgan fingerprint density at radius 2 is 2.08 bits per heavy atom. The summed E-state index contributed by atoms with van der Waals surface area (Å²) in [7, 11) is 0. The van der Waals surface area contributed by atoms with Crippen LogP contribution in [0.25, 0.3) is 0 Å². The molecule has 0 aliphatic rings. The van der Waals surface area contributed by atoms with Crippen LogP contribution in [0, 0.1) is 5.92 Å². The normalized spacial score (nSPS) is 9.15. The molecule has 5 heteroatoms. The molecule has 0 fully saturated rings. The van der Waals surface area contributed by atoms with E-state index in [4.69, 9.17) is 5.73 Å². The van der Waals surface area contributed by atoms with Gasteiger partial charge in [-0.1, -0.05) is 13.8 Å². The van der Waals surface area contributed by atoms with E-state index in [-0.39, 0.29) is 24.8 Å². The molecule has 3 nitrogen and oxygen atoms in total. The molecular weight excluding hydrogens is 209 g/mol. The average molecular weight is 226 g/mol. The van der Waals surface area contributed by atoms with Gasteiger partial charge in [-0.05, 0) is 12.3 Å². The molecule has 0 atom stereocenters. The van der Waals surface area contributed by atoms with Crippen molar-refractivity contribution < 1.29 is 0 Å². The van der Waals surface area contributed by atoms with Crippen molar-refractivity contribution in [1.82, 2.24) is 9.78 Å². The number of hydrogen-bond donors (Lipinski definition) is 1. The molecule has 1 heterocycles. The molecule has 1 aromatic rings. The first-order valence-electron chi connectivity index (χ1n) is 3.96. The molecule has 0 aromatic carbocycles. The van der Waals surface area contributed by atoms with E-state index in [1.54, 1.807) is 6.20 Å². The third kappa shape index (κ3) is 5.77. The molecule has 78 valence electrons. The smallest absolute Gasteiger partial charge is 0.0719 e. The van der Waals surface area contributed by atoms with Gasteiger partial charge in [0.1, 0.15) is 0 Å². The average Bonchev–Trinajstić information content (AvgIpc) is 2.31. The Balaban J connectivity index is 0. The van der Waals surface area contributed by atoms with Crippen molar-refractivity contribution in [3.05, 3.63) is 12.4 Å². The molecule has 0 aliphatic heterocycles. The summed E-state index contributed by atoms with van der Waals surface area (Å²) < 4.78 is 1.88. The van der Waals surface area contributed by atoms with Crippen LogP contribution in [-0.4, -0.2) is 9.78 Å². The number of rotatable bonds is 3. The van der Waals surface area contributed by atoms with Gasteiger partial charge in [-0.25, -0.2) is 0 Å². The molecule has 0 saturated heterocycles. The molecule has 2 N–H and O–H groups in total. The van der Waals surface area contributed by atoms with Crippen LogP contribution in [0.5, 0.6) is 0 Å². The van der Waals surface area contributed by atoms with E-state index in [0.717, 1.165) is 24.6 Å². The van der Waals surface area contributed by atoms with E-state index in [1.807, 2.05) is 10.9 Å². The van der Waals surface area contributed by atoms with E-state index in [9.17, 15) is 0 Å². The van der Waals surface area contributed by atoms with Gasteiger partial charge >= 0.3 is 0 Å². The lowest BCUT2D eigenvalue weighted by molar-refractivity contribution is 0.487. The van der Waals surface area contributed by atoms with Crippen molar-refractivity contribution >= 4 is 30.5 Å². The zero-order valence-electron chi connectivity index (χ0n) is 7.93. The number of halogens is 2. The first-order valence-corrected chi connectivity index (χ1v) is 3.96. The van der Waals surface area contributed by atoms with Crippen LogP contribution in [0.1, 0.15) is 20.3 Å². The summed E-state index contributed by atoms with van der Waals surface area (Å²) in [5.41, 5.74) is 6.25. The molecule has 0 aliphatic carbocycles. The van der Waals surface area contributed by atoms with Gasteiger partial charge in [0.25, 0.3) is 0 Å². The van der Waals surface area contributed by atoms with Crippen LogP contribution in [-0.2, 0) is 6.54 Å². The van der Waals surface area contributed by atoms with Crippen LogP contribution in [0.4, 0.5) is 5.69 Å². The highest BCUT2D eigenvalue weighted by atomic mass is 35.5. The van der Waals surface area contributed by atoms with Gasteiger partial charge in [0.05, 0.1) is 11.9 Å². The van der Waals surface area contributed by atoms with Crippen molar-refractivity contribution in [2.24, 2.45) is 5.92 Å². The van der Waals surface area contributed by atoms with Crippen LogP contribution in [0.2, 0.25) is 0 Å². The monoisotopic (exact) mass is 225 g/mol. The number of hydrogen-bond acceptors (Lipinski definition) is 2. The second-order valence-corrected chi connectivity index (χ2v) is 3.22. The number of nitrogen functional groups attached to an aromatic ring is 1. The summed E-state index contributed by atoms with van der Waals surface area (Å²) in [6.45, 7) is 5.37. The highest BCUT2D eigenvalue weighted by Crippen LogP contribution is 2.03. The lowest BCUT2D eigenvalue weighted by atomic mass is 10.1. The molecule has 1 aromatic heterocycles. The summed E-state index contributed by atoms with van der Waals surface area (Å²) in [5, 5.41) is 4.08. The molecular formula is C8H17Cl2N3. The van der Waals surface area contributed by atoms with Crippen molar-refractivity contribution in [2.45, 2.75) is 26.8 Å². The van der Waals surface area contributed by atoms with Gasteiger partial charge < -0.3 is 5.73 Å². The molecule has 0 radical (unpaired) electrons. The Kier molecular flexibility index (Phi) is 8.16. The third-order valence-electron chi connectivity index (χ3n) is 1.59. The molecule has 13 heavy (non-hydrogen) atoms. The van der Waals surface area contributed by atoms with Crippen LogP contribution in [0.15, 0.2) is 12.4 Å². The highest BCUT2D eigenvalue weighted by molar-refractivity contribution is 5.85. The second kappa shape index (κ2) is 7.04. The maximum absolute atomic E-state index is 5.50. The Morgan fingerprint density at radius 1 is 1.46 bits per heavy atom. The zero-order valence-corrected chi connectivity index (χ0v) is 9.57. The van der Waals surface area contributed by atoms with Gasteiger partial charge in [0, 0.05) is 12.7 Å². The number of aromatic nitrogens is 2. The van der Waals surface area contributed by atoms with Gasteiger partial charge in [-0.2, -0.15) is 5.10 Å². The van der Waals surface area contributed by atoms with Gasteiger partial charge in [0.2, 0.25) is 0 Å². The van der Waals surface area contributed by atoms with Crippen molar-refractivity contribution in [3.63, 3.8) is 0 Å². The predicted octanol–water partition coefficient (Wildman–Crippen LogP) is 2.36. The van der Waals surface area contributed by atoms with Gasteiger partial charge in [-0.15, -0.1) is 24.8 Å². The fraction of sp³-hybridized carbons (Fsp3) is 0.625. The van der Waals surface area contributed by atoms with E-state index in [2.05, 4.69) is 18.9 Å². The minimum atomic E-state index is 0. The quantitative estimate of drug-likeness (QED) is 0.859. The largest absolute Gasteiger partial charge is 0.396 e. The topological polar surface area (TPSA) is 43.8 Å². The highest BCUT2D eigenvalue weighted by Gasteiger charge is 1.96. The lowest BCUT2D eigenvalue weighted by Gasteiger charge is -2.03. The Bertz CT molecular complexity index is 223. The maximum atomic E-state index is 5.50. The zero-order chi connectivity index (χ0) is 8.27. The third-order valence-corrected chi connectivity index (χ3v) is 1.59. The first kappa shape index (κ1) is 15.1. The van der Waals surface area contributed by atoms with Crippen LogP contribution < -0.4 is 5.73 Å². The first-order chi connectivity index (χ1) is 5.18. The minimum absolute atomic E-state index is 0. The Hall–Kier alpha value is -0.410. The molecule has 0 saturated carbocycles. The fourth-order valence-electron chi connectivity index (χ4n) is 0.892. The molecule has 0 amide bonds. The van der Waals surface area contributed by atoms with Crippen molar-refractivity contribution in [1.29, 1.82) is 0 Å². The molecule has 0 bridgehead atoms. The SMILES string of the molecule is CC(C)CCn1cc(N)cn1.Cl.Cl. The van der Waals surface area contributed by atoms with Crippen LogP contribution >= 0.6 is 24.8 Å². The lowest BCUT2D eigenvalue weighted by Crippen LogP contribution is -2.01. The van der Waals surface area contributed by atoms with Gasteiger partial charge in [-0.3, -0.25) is 4.68 Å². The second-order valence-electron chi connectivity index (χ2n) is 3.22. The number of anilines is 1.